The van der Waals surface area contributed by atoms with Crippen LogP contribution in [0.3, 0.4) is 0 Å². The molecule has 2 aromatic rings. The van der Waals surface area contributed by atoms with Crippen LogP contribution in [0.4, 0.5) is 0 Å². The van der Waals surface area contributed by atoms with E-state index < -0.39 is 17.4 Å². The van der Waals surface area contributed by atoms with Crippen molar-refractivity contribution < 1.29 is 28.9 Å². The van der Waals surface area contributed by atoms with Crippen LogP contribution in [-0.2, 0) is 15.1 Å². The number of hydrogen-bond acceptors (Lipinski definition) is 5. The molecular formula is C20H23NO6. The highest BCUT2D eigenvalue weighted by Gasteiger charge is 2.32. The second-order valence-corrected chi connectivity index (χ2v) is 6.15. The Kier molecular flexibility index (Phi) is 6.65. The summed E-state index contributed by atoms with van der Waals surface area (Å²) in [6.07, 6.45) is -0.287. The number of carboxylic acid groups (broad SMARTS) is 1. The standard InChI is InChI=1S/C20H23NO6/c1-20(12-19(23)24,14-6-4-7-15(10-14)25-2)21-18(22)13-27-17-9-5-8-16(11-17)26-3/h4-11H,12-13H2,1-3H3,(H,21,22)(H,23,24). The lowest BCUT2D eigenvalue weighted by molar-refractivity contribution is -0.139. The number of aliphatic carboxylic acids is 1. The Labute approximate surface area is 157 Å². The summed E-state index contributed by atoms with van der Waals surface area (Å²) in [7, 11) is 3.06. The third-order valence-electron chi connectivity index (χ3n) is 4.04. The second kappa shape index (κ2) is 8.93. The van der Waals surface area contributed by atoms with E-state index in [1.807, 2.05) is 0 Å². The van der Waals surface area contributed by atoms with Crippen molar-refractivity contribution in [2.45, 2.75) is 18.9 Å². The average Bonchev–Trinajstić information content (AvgIpc) is 2.66. The summed E-state index contributed by atoms with van der Waals surface area (Å²) in [4.78, 5) is 23.8. The maximum atomic E-state index is 12.4. The molecule has 0 aromatic heterocycles. The lowest BCUT2D eigenvalue weighted by Gasteiger charge is -2.30. The number of amides is 1. The van der Waals surface area contributed by atoms with Crippen molar-refractivity contribution in [1.29, 1.82) is 0 Å². The molecule has 2 aromatic carbocycles. The molecule has 7 nitrogen and oxygen atoms in total. The number of carbonyl (C=O) groups excluding carboxylic acids is 1. The highest BCUT2D eigenvalue weighted by atomic mass is 16.5. The Morgan fingerprint density at radius 2 is 1.59 bits per heavy atom. The van der Waals surface area contributed by atoms with Gasteiger partial charge in [0.1, 0.15) is 17.2 Å². The Morgan fingerprint density at radius 3 is 2.22 bits per heavy atom. The van der Waals surface area contributed by atoms with E-state index in [2.05, 4.69) is 5.32 Å². The van der Waals surface area contributed by atoms with Crippen LogP contribution < -0.4 is 19.5 Å². The minimum atomic E-state index is -1.12. The van der Waals surface area contributed by atoms with Gasteiger partial charge in [0, 0.05) is 6.07 Å². The van der Waals surface area contributed by atoms with E-state index in [9.17, 15) is 14.7 Å². The van der Waals surface area contributed by atoms with Gasteiger partial charge in [-0.05, 0) is 36.8 Å². The molecule has 2 N–H and O–H groups in total. The number of nitrogens with one attached hydrogen (secondary N) is 1. The fourth-order valence-corrected chi connectivity index (χ4v) is 2.67. The summed E-state index contributed by atoms with van der Waals surface area (Å²) < 4.78 is 15.8. The van der Waals surface area contributed by atoms with Gasteiger partial charge in [-0.1, -0.05) is 18.2 Å². The highest BCUT2D eigenvalue weighted by Crippen LogP contribution is 2.28. The normalized spacial score (nSPS) is 12.6. The van der Waals surface area contributed by atoms with Gasteiger partial charge >= 0.3 is 5.97 Å². The molecule has 1 amide bonds. The molecule has 0 aliphatic heterocycles. The minimum absolute atomic E-state index is 0.258. The average molecular weight is 373 g/mol. The quantitative estimate of drug-likeness (QED) is 0.702. The van der Waals surface area contributed by atoms with Crippen molar-refractivity contribution in [2.24, 2.45) is 0 Å². The molecule has 1 atom stereocenters. The van der Waals surface area contributed by atoms with Crippen LogP contribution in [0.5, 0.6) is 17.2 Å². The van der Waals surface area contributed by atoms with E-state index in [0.29, 0.717) is 22.8 Å². The van der Waals surface area contributed by atoms with Gasteiger partial charge in [-0.3, -0.25) is 9.59 Å². The van der Waals surface area contributed by atoms with Gasteiger partial charge in [-0.15, -0.1) is 0 Å². The van der Waals surface area contributed by atoms with E-state index in [4.69, 9.17) is 14.2 Å². The molecule has 144 valence electrons. The monoisotopic (exact) mass is 373 g/mol. The topological polar surface area (TPSA) is 94.1 Å². The number of methoxy groups -OCH3 is 2. The van der Waals surface area contributed by atoms with Crippen molar-refractivity contribution >= 4 is 11.9 Å². The molecule has 0 heterocycles. The van der Waals surface area contributed by atoms with E-state index in [1.165, 1.54) is 14.2 Å². The van der Waals surface area contributed by atoms with Gasteiger partial charge < -0.3 is 24.6 Å². The van der Waals surface area contributed by atoms with Crippen LogP contribution in [0.25, 0.3) is 0 Å². The predicted octanol–water partition coefficient (Wildman–Crippen LogP) is 2.59. The van der Waals surface area contributed by atoms with Crippen LogP contribution in [0.1, 0.15) is 18.9 Å². The Morgan fingerprint density at radius 1 is 1.00 bits per heavy atom. The van der Waals surface area contributed by atoms with Crippen molar-refractivity contribution in [3.05, 3.63) is 54.1 Å². The first-order valence-electron chi connectivity index (χ1n) is 8.30. The maximum Gasteiger partial charge on any atom is 0.306 e. The number of ether oxygens (including phenoxy) is 3. The number of benzene rings is 2. The first-order chi connectivity index (χ1) is 12.9. The largest absolute Gasteiger partial charge is 0.497 e. The minimum Gasteiger partial charge on any atom is -0.497 e. The molecule has 0 saturated heterocycles. The lowest BCUT2D eigenvalue weighted by atomic mass is 9.88. The summed E-state index contributed by atoms with van der Waals surface area (Å²) >= 11 is 0. The molecular weight excluding hydrogens is 350 g/mol. The fraction of sp³-hybridized carbons (Fsp3) is 0.300. The first kappa shape index (κ1) is 20.1. The third kappa shape index (κ3) is 5.64. The fourth-order valence-electron chi connectivity index (χ4n) is 2.67. The molecule has 0 spiro atoms. The zero-order chi connectivity index (χ0) is 19.9. The maximum absolute atomic E-state index is 12.4. The van der Waals surface area contributed by atoms with Crippen LogP contribution in [0.15, 0.2) is 48.5 Å². The molecule has 0 aliphatic carbocycles. The Balaban J connectivity index is 2.12. The molecule has 0 bridgehead atoms. The molecule has 0 saturated carbocycles. The molecule has 0 fully saturated rings. The molecule has 2 rings (SSSR count). The Hall–Kier alpha value is -3.22. The van der Waals surface area contributed by atoms with E-state index >= 15 is 0 Å². The van der Waals surface area contributed by atoms with Gasteiger partial charge in [0.2, 0.25) is 0 Å². The van der Waals surface area contributed by atoms with Gasteiger partial charge in [-0.25, -0.2) is 0 Å². The van der Waals surface area contributed by atoms with Crippen molar-refractivity contribution in [3.8, 4) is 17.2 Å². The summed E-state index contributed by atoms with van der Waals surface area (Å²) in [5.74, 6) is 0.190. The molecule has 7 heteroatoms. The number of carboxylic acids is 1. The number of hydrogen-bond donors (Lipinski definition) is 2. The smallest absolute Gasteiger partial charge is 0.306 e. The predicted molar refractivity (Wildman–Crippen MR) is 99.2 cm³/mol. The Bertz CT molecular complexity index is 807. The van der Waals surface area contributed by atoms with Gasteiger partial charge in [0.25, 0.3) is 5.91 Å². The summed E-state index contributed by atoms with van der Waals surface area (Å²) in [6.45, 7) is 1.39. The van der Waals surface area contributed by atoms with Crippen LogP contribution in [0.2, 0.25) is 0 Å². The van der Waals surface area contributed by atoms with Crippen LogP contribution in [-0.4, -0.2) is 37.8 Å². The van der Waals surface area contributed by atoms with Crippen molar-refractivity contribution in [1.82, 2.24) is 5.32 Å². The number of carbonyl (C=O) groups is 2. The molecule has 1 unspecified atom stereocenters. The van der Waals surface area contributed by atoms with Crippen molar-refractivity contribution in [2.75, 3.05) is 20.8 Å². The summed E-state index contributed by atoms with van der Waals surface area (Å²) in [5, 5.41) is 12.0. The highest BCUT2D eigenvalue weighted by molar-refractivity contribution is 5.80. The summed E-state index contributed by atoms with van der Waals surface area (Å²) in [5.41, 5.74) is -0.492. The zero-order valence-corrected chi connectivity index (χ0v) is 15.5. The molecule has 0 aliphatic rings. The first-order valence-corrected chi connectivity index (χ1v) is 8.30. The SMILES string of the molecule is COc1cccc(OCC(=O)NC(C)(CC(=O)O)c2cccc(OC)c2)c1. The lowest BCUT2D eigenvalue weighted by Crippen LogP contribution is -2.46. The second-order valence-electron chi connectivity index (χ2n) is 6.15. The van der Waals surface area contributed by atoms with Gasteiger partial charge in [-0.2, -0.15) is 0 Å². The van der Waals surface area contributed by atoms with Crippen molar-refractivity contribution in [3.63, 3.8) is 0 Å². The van der Waals surface area contributed by atoms with Crippen LogP contribution in [0, 0.1) is 0 Å². The number of rotatable bonds is 9. The molecule has 27 heavy (non-hydrogen) atoms. The van der Waals surface area contributed by atoms with E-state index in [1.54, 1.807) is 55.5 Å². The van der Waals surface area contributed by atoms with Gasteiger partial charge in [0.15, 0.2) is 6.61 Å². The summed E-state index contributed by atoms with van der Waals surface area (Å²) in [6, 6.07) is 13.8. The van der Waals surface area contributed by atoms with E-state index in [-0.39, 0.29) is 13.0 Å². The third-order valence-corrected chi connectivity index (χ3v) is 4.04. The molecule has 0 radical (unpaired) electrons. The van der Waals surface area contributed by atoms with E-state index in [0.717, 1.165) is 0 Å². The van der Waals surface area contributed by atoms with Gasteiger partial charge in [0.05, 0.1) is 26.2 Å². The zero-order valence-electron chi connectivity index (χ0n) is 15.5. The van der Waals surface area contributed by atoms with Crippen LogP contribution >= 0.6 is 0 Å².